The van der Waals surface area contributed by atoms with Gasteiger partial charge in [-0.15, -0.1) is 11.6 Å². The standard InChI is InChI=1S/C10H12Cl2O/c1-8(11)7-10(12)13-9-5-3-2-4-6-9/h2-6,8,10H,7H2,1H3. The molecule has 72 valence electrons. The highest BCUT2D eigenvalue weighted by Crippen LogP contribution is 2.17. The van der Waals surface area contributed by atoms with Gasteiger partial charge in [0.1, 0.15) is 5.75 Å². The molecule has 2 unspecified atom stereocenters. The monoisotopic (exact) mass is 218 g/mol. The van der Waals surface area contributed by atoms with E-state index in [1.165, 1.54) is 0 Å². The molecule has 3 heteroatoms. The lowest BCUT2D eigenvalue weighted by atomic mass is 10.3. The number of benzene rings is 1. The molecule has 0 aliphatic carbocycles. The average Bonchev–Trinajstić information content (AvgIpc) is 2.04. The number of rotatable bonds is 4. The number of ether oxygens (including phenoxy) is 1. The van der Waals surface area contributed by atoms with Crippen molar-refractivity contribution in [3.63, 3.8) is 0 Å². The van der Waals surface area contributed by atoms with E-state index in [4.69, 9.17) is 27.9 Å². The van der Waals surface area contributed by atoms with Crippen LogP contribution < -0.4 is 4.74 Å². The molecule has 0 fully saturated rings. The van der Waals surface area contributed by atoms with Gasteiger partial charge in [-0.05, 0) is 19.1 Å². The molecule has 13 heavy (non-hydrogen) atoms. The summed E-state index contributed by atoms with van der Waals surface area (Å²) in [5.74, 6) is 0.778. The van der Waals surface area contributed by atoms with Gasteiger partial charge in [0.05, 0.1) is 0 Å². The molecule has 0 N–H and O–H groups in total. The van der Waals surface area contributed by atoms with Gasteiger partial charge in [-0.25, -0.2) is 0 Å². The van der Waals surface area contributed by atoms with Gasteiger partial charge in [0.15, 0.2) is 5.56 Å². The van der Waals surface area contributed by atoms with Crippen LogP contribution in [-0.4, -0.2) is 10.9 Å². The first-order chi connectivity index (χ1) is 6.18. The Morgan fingerprint density at radius 1 is 1.23 bits per heavy atom. The lowest BCUT2D eigenvalue weighted by molar-refractivity contribution is 0.270. The molecule has 2 atom stereocenters. The van der Waals surface area contributed by atoms with Gasteiger partial charge in [-0.3, -0.25) is 0 Å². The zero-order chi connectivity index (χ0) is 9.68. The Balaban J connectivity index is 2.41. The zero-order valence-corrected chi connectivity index (χ0v) is 8.92. The third kappa shape index (κ3) is 4.39. The Hall–Kier alpha value is -0.400. The van der Waals surface area contributed by atoms with Crippen LogP contribution in [0.5, 0.6) is 5.75 Å². The van der Waals surface area contributed by atoms with Crippen molar-refractivity contribution in [1.82, 2.24) is 0 Å². The maximum Gasteiger partial charge on any atom is 0.173 e. The highest BCUT2D eigenvalue weighted by atomic mass is 35.5. The van der Waals surface area contributed by atoms with E-state index in [-0.39, 0.29) is 10.9 Å². The minimum absolute atomic E-state index is 0.0335. The molecule has 0 radical (unpaired) electrons. The van der Waals surface area contributed by atoms with Crippen molar-refractivity contribution in [2.45, 2.75) is 24.3 Å². The molecule has 0 spiro atoms. The Labute approximate surface area is 88.6 Å². The topological polar surface area (TPSA) is 9.23 Å². The van der Waals surface area contributed by atoms with Crippen molar-refractivity contribution in [1.29, 1.82) is 0 Å². The third-order valence-corrected chi connectivity index (χ3v) is 1.96. The molecule has 0 heterocycles. The molecule has 0 bridgehead atoms. The van der Waals surface area contributed by atoms with E-state index < -0.39 is 0 Å². The van der Waals surface area contributed by atoms with Crippen LogP contribution in [0.2, 0.25) is 0 Å². The average molecular weight is 219 g/mol. The molecular weight excluding hydrogens is 207 g/mol. The first kappa shape index (κ1) is 10.7. The normalized spacial score (nSPS) is 15.0. The second-order valence-corrected chi connectivity index (χ2v) is 4.09. The highest BCUT2D eigenvalue weighted by molar-refractivity contribution is 6.22. The molecule has 0 saturated heterocycles. The fourth-order valence-corrected chi connectivity index (χ4v) is 1.57. The first-order valence-corrected chi connectivity index (χ1v) is 5.05. The van der Waals surface area contributed by atoms with E-state index >= 15 is 0 Å². The second kappa shape index (κ2) is 5.36. The predicted molar refractivity (Wildman–Crippen MR) is 56.6 cm³/mol. The highest BCUT2D eigenvalue weighted by Gasteiger charge is 2.09. The first-order valence-electron chi connectivity index (χ1n) is 4.18. The third-order valence-electron chi connectivity index (χ3n) is 1.52. The number of halogens is 2. The van der Waals surface area contributed by atoms with E-state index in [9.17, 15) is 0 Å². The molecule has 1 aromatic rings. The molecule has 1 nitrogen and oxygen atoms in total. The fraction of sp³-hybridized carbons (Fsp3) is 0.400. The molecule has 1 aromatic carbocycles. The molecule has 0 saturated carbocycles. The van der Waals surface area contributed by atoms with Crippen LogP contribution >= 0.6 is 23.2 Å². The summed E-state index contributed by atoms with van der Waals surface area (Å²) in [6.45, 7) is 1.89. The van der Waals surface area contributed by atoms with E-state index in [0.29, 0.717) is 6.42 Å². The Bertz CT molecular complexity index is 236. The summed E-state index contributed by atoms with van der Waals surface area (Å²) in [4.78, 5) is 0. The summed E-state index contributed by atoms with van der Waals surface area (Å²) >= 11 is 11.7. The van der Waals surface area contributed by atoms with Crippen LogP contribution in [0.15, 0.2) is 30.3 Å². The van der Waals surface area contributed by atoms with Crippen molar-refractivity contribution < 1.29 is 4.74 Å². The quantitative estimate of drug-likeness (QED) is 0.702. The Morgan fingerprint density at radius 2 is 1.85 bits per heavy atom. The van der Waals surface area contributed by atoms with Gasteiger partial charge in [0.25, 0.3) is 0 Å². The molecular formula is C10H12Cl2O. The summed E-state index contributed by atoms with van der Waals surface area (Å²) in [5.41, 5.74) is -0.352. The number of alkyl halides is 2. The van der Waals surface area contributed by atoms with Crippen molar-refractivity contribution in [3.8, 4) is 5.75 Å². The second-order valence-electron chi connectivity index (χ2n) is 2.86. The fourth-order valence-electron chi connectivity index (χ4n) is 0.950. The minimum atomic E-state index is -0.352. The smallest absolute Gasteiger partial charge is 0.173 e. The lowest BCUT2D eigenvalue weighted by Gasteiger charge is -2.13. The molecule has 0 amide bonds. The number of hydrogen-bond donors (Lipinski definition) is 0. The van der Waals surface area contributed by atoms with Crippen LogP contribution in [0.3, 0.4) is 0 Å². The van der Waals surface area contributed by atoms with Gasteiger partial charge < -0.3 is 4.74 Å². The maximum atomic E-state index is 5.90. The van der Waals surface area contributed by atoms with Gasteiger partial charge in [-0.2, -0.15) is 0 Å². The van der Waals surface area contributed by atoms with Gasteiger partial charge in [0.2, 0.25) is 0 Å². The van der Waals surface area contributed by atoms with E-state index in [1.807, 2.05) is 37.3 Å². The van der Waals surface area contributed by atoms with E-state index in [1.54, 1.807) is 0 Å². The van der Waals surface area contributed by atoms with Crippen molar-refractivity contribution >= 4 is 23.2 Å². The van der Waals surface area contributed by atoms with Crippen LogP contribution in [0.25, 0.3) is 0 Å². The van der Waals surface area contributed by atoms with E-state index in [2.05, 4.69) is 0 Å². The SMILES string of the molecule is CC(Cl)CC(Cl)Oc1ccccc1. The van der Waals surface area contributed by atoms with Crippen LogP contribution in [0.4, 0.5) is 0 Å². The zero-order valence-electron chi connectivity index (χ0n) is 7.41. The van der Waals surface area contributed by atoms with Crippen molar-refractivity contribution in [2.75, 3.05) is 0 Å². The minimum Gasteiger partial charge on any atom is -0.475 e. The van der Waals surface area contributed by atoms with Gasteiger partial charge in [0, 0.05) is 11.8 Å². The molecule has 0 aliphatic heterocycles. The molecule has 0 aliphatic rings. The number of para-hydroxylation sites is 1. The van der Waals surface area contributed by atoms with Gasteiger partial charge in [-0.1, -0.05) is 29.8 Å². The summed E-state index contributed by atoms with van der Waals surface area (Å²) in [7, 11) is 0. The Kier molecular flexibility index (Phi) is 4.40. The summed E-state index contributed by atoms with van der Waals surface area (Å²) in [6, 6.07) is 9.48. The van der Waals surface area contributed by atoms with Crippen molar-refractivity contribution in [3.05, 3.63) is 30.3 Å². The maximum absolute atomic E-state index is 5.90. The van der Waals surface area contributed by atoms with Gasteiger partial charge >= 0.3 is 0 Å². The molecule has 1 rings (SSSR count). The largest absolute Gasteiger partial charge is 0.475 e. The lowest BCUT2D eigenvalue weighted by Crippen LogP contribution is -2.12. The Morgan fingerprint density at radius 3 is 2.38 bits per heavy atom. The summed E-state index contributed by atoms with van der Waals surface area (Å²) < 4.78 is 5.41. The van der Waals surface area contributed by atoms with Crippen LogP contribution in [-0.2, 0) is 0 Å². The van der Waals surface area contributed by atoms with Crippen molar-refractivity contribution in [2.24, 2.45) is 0 Å². The van der Waals surface area contributed by atoms with Crippen LogP contribution in [0, 0.1) is 0 Å². The summed E-state index contributed by atoms with van der Waals surface area (Å²) in [6.07, 6.45) is 0.637. The number of hydrogen-bond acceptors (Lipinski definition) is 1. The van der Waals surface area contributed by atoms with Crippen LogP contribution in [0.1, 0.15) is 13.3 Å². The van der Waals surface area contributed by atoms with E-state index in [0.717, 1.165) is 5.75 Å². The predicted octanol–water partition coefficient (Wildman–Crippen LogP) is 3.65. The molecule has 0 aromatic heterocycles. The summed E-state index contributed by atoms with van der Waals surface area (Å²) in [5, 5.41) is 0.0335.